The highest BCUT2D eigenvalue weighted by atomic mass is 16.4. The van der Waals surface area contributed by atoms with Crippen LogP contribution in [0.3, 0.4) is 0 Å². The maximum atomic E-state index is 12.0. The molecule has 8 atom stereocenters. The molecule has 0 saturated heterocycles. The highest BCUT2D eigenvalue weighted by Gasteiger charge is 2.58. The van der Waals surface area contributed by atoms with Gasteiger partial charge in [0.25, 0.3) is 0 Å². The summed E-state index contributed by atoms with van der Waals surface area (Å²) in [5, 5.41) is 9.08. The Kier molecular flexibility index (Phi) is 4.79. The van der Waals surface area contributed by atoms with E-state index in [2.05, 4.69) is 32.9 Å². The summed E-state index contributed by atoms with van der Waals surface area (Å²) in [5.74, 6) is 3.60. The fourth-order valence-electron chi connectivity index (χ4n) is 7.91. The summed E-state index contributed by atoms with van der Waals surface area (Å²) in [4.78, 5) is 23.0. The summed E-state index contributed by atoms with van der Waals surface area (Å²) in [6.07, 6.45) is 13.9. The van der Waals surface area contributed by atoms with Crippen molar-refractivity contribution in [1.29, 1.82) is 0 Å². The zero-order chi connectivity index (χ0) is 19.4. The third-order valence-corrected chi connectivity index (χ3v) is 9.49. The Morgan fingerprint density at radius 2 is 2.04 bits per heavy atom. The average Bonchev–Trinajstić information content (AvgIpc) is 2.97. The second-order valence-electron chi connectivity index (χ2n) is 10.6. The third-order valence-electron chi connectivity index (χ3n) is 9.49. The van der Waals surface area contributed by atoms with Crippen molar-refractivity contribution in [2.45, 2.75) is 78.6 Å². The molecule has 0 radical (unpaired) electrons. The molecule has 27 heavy (non-hydrogen) atoms. The van der Waals surface area contributed by atoms with Crippen LogP contribution < -0.4 is 0 Å². The minimum Gasteiger partial charge on any atom is -0.481 e. The van der Waals surface area contributed by atoms with E-state index in [1.807, 2.05) is 0 Å². The molecular weight excluding hydrogens is 336 g/mol. The summed E-state index contributed by atoms with van der Waals surface area (Å²) < 4.78 is 0. The second kappa shape index (κ2) is 6.74. The summed E-state index contributed by atoms with van der Waals surface area (Å²) >= 11 is 0. The second-order valence-corrected chi connectivity index (χ2v) is 10.6. The summed E-state index contributed by atoms with van der Waals surface area (Å²) in [6.45, 7) is 7.19. The molecule has 0 aromatic heterocycles. The first-order valence-electron chi connectivity index (χ1n) is 11.2. The maximum absolute atomic E-state index is 12.0. The number of aliphatic carboxylic acids is 1. The molecule has 0 aromatic carbocycles. The maximum Gasteiger partial charge on any atom is 0.303 e. The van der Waals surface area contributed by atoms with Crippen molar-refractivity contribution >= 4 is 11.8 Å². The predicted molar refractivity (Wildman–Crippen MR) is 106 cm³/mol. The molecule has 0 aliphatic heterocycles. The first kappa shape index (κ1) is 19.2. The van der Waals surface area contributed by atoms with E-state index in [4.69, 9.17) is 5.11 Å². The number of ketones is 1. The molecule has 3 nitrogen and oxygen atoms in total. The number of hydrogen-bond acceptors (Lipinski definition) is 2. The standard InChI is InChI=1S/C24H36O3/c1-15(4-9-22(26)27)19-7-8-20-18-6-5-16-14-17(25)10-12-23(16,2)21(18)11-13-24(19,20)3/h11,13,15-16,18-21H,4-10,12,14H2,1-3H3,(H,26,27)/t15?,16-,18+,19?,20+,21+,23+,24-/m1/s1. The fourth-order valence-corrected chi connectivity index (χ4v) is 7.91. The molecule has 0 aromatic rings. The van der Waals surface area contributed by atoms with E-state index >= 15 is 0 Å². The Bertz CT molecular complexity index is 652. The summed E-state index contributed by atoms with van der Waals surface area (Å²) in [6, 6.07) is 0. The van der Waals surface area contributed by atoms with Gasteiger partial charge in [-0.1, -0.05) is 32.9 Å². The molecule has 0 spiro atoms. The Hall–Kier alpha value is -1.12. The van der Waals surface area contributed by atoms with E-state index in [1.165, 1.54) is 25.7 Å². The molecule has 0 bridgehead atoms. The Balaban J connectivity index is 1.57. The van der Waals surface area contributed by atoms with Crippen LogP contribution in [0.15, 0.2) is 12.2 Å². The van der Waals surface area contributed by atoms with Crippen LogP contribution in [0.25, 0.3) is 0 Å². The van der Waals surface area contributed by atoms with Crippen LogP contribution in [0.4, 0.5) is 0 Å². The molecule has 0 amide bonds. The lowest BCUT2D eigenvalue weighted by Crippen LogP contribution is -2.51. The van der Waals surface area contributed by atoms with Crippen LogP contribution >= 0.6 is 0 Å². The van der Waals surface area contributed by atoms with Gasteiger partial charge in [0.15, 0.2) is 0 Å². The van der Waals surface area contributed by atoms with E-state index in [0.717, 1.165) is 37.5 Å². The van der Waals surface area contributed by atoms with Gasteiger partial charge < -0.3 is 5.11 Å². The minimum atomic E-state index is -0.668. The molecule has 3 saturated carbocycles. The Morgan fingerprint density at radius 3 is 2.78 bits per heavy atom. The fraction of sp³-hybridized carbons (Fsp3) is 0.833. The normalized spacial score (nSPS) is 47.1. The number of carbonyl (C=O) groups is 2. The molecule has 4 aliphatic rings. The number of allylic oxidation sites excluding steroid dienone is 2. The molecule has 0 heterocycles. The van der Waals surface area contributed by atoms with Crippen molar-refractivity contribution in [2.24, 2.45) is 46.3 Å². The first-order valence-corrected chi connectivity index (χ1v) is 11.2. The van der Waals surface area contributed by atoms with Gasteiger partial charge in [0.2, 0.25) is 0 Å². The molecule has 4 aliphatic carbocycles. The highest BCUT2D eigenvalue weighted by Crippen LogP contribution is 2.65. The number of rotatable bonds is 4. The van der Waals surface area contributed by atoms with Crippen molar-refractivity contribution in [3.05, 3.63) is 12.2 Å². The first-order chi connectivity index (χ1) is 12.8. The third kappa shape index (κ3) is 3.00. The minimum absolute atomic E-state index is 0.229. The lowest BCUT2D eigenvalue weighted by Gasteiger charge is -2.58. The number of Topliss-reactive ketones (excluding diaryl/α,β-unsaturated/α-hetero) is 1. The lowest BCUT2D eigenvalue weighted by molar-refractivity contribution is -0.137. The van der Waals surface area contributed by atoms with Crippen LogP contribution in [0.1, 0.15) is 78.6 Å². The zero-order valence-electron chi connectivity index (χ0n) is 17.2. The molecule has 150 valence electrons. The van der Waals surface area contributed by atoms with E-state index in [0.29, 0.717) is 41.3 Å². The van der Waals surface area contributed by atoms with Crippen LogP contribution in [0, 0.1) is 46.3 Å². The molecule has 3 heteroatoms. The van der Waals surface area contributed by atoms with Gasteiger partial charge in [-0.25, -0.2) is 0 Å². The summed E-state index contributed by atoms with van der Waals surface area (Å²) in [7, 11) is 0. The van der Waals surface area contributed by atoms with Crippen LogP contribution in [-0.2, 0) is 9.59 Å². The van der Waals surface area contributed by atoms with Crippen LogP contribution in [0.5, 0.6) is 0 Å². The van der Waals surface area contributed by atoms with Gasteiger partial charge in [0, 0.05) is 19.3 Å². The van der Waals surface area contributed by atoms with Crippen molar-refractivity contribution < 1.29 is 14.7 Å². The van der Waals surface area contributed by atoms with E-state index < -0.39 is 5.97 Å². The van der Waals surface area contributed by atoms with E-state index in [-0.39, 0.29) is 5.41 Å². The van der Waals surface area contributed by atoms with E-state index in [1.54, 1.807) is 0 Å². The summed E-state index contributed by atoms with van der Waals surface area (Å²) in [5.41, 5.74) is 0.536. The van der Waals surface area contributed by atoms with Gasteiger partial charge >= 0.3 is 5.97 Å². The molecule has 4 rings (SSSR count). The van der Waals surface area contributed by atoms with Crippen LogP contribution in [-0.4, -0.2) is 16.9 Å². The largest absolute Gasteiger partial charge is 0.481 e. The topological polar surface area (TPSA) is 54.4 Å². The quantitative estimate of drug-likeness (QED) is 0.664. The molecule has 3 fully saturated rings. The van der Waals surface area contributed by atoms with Gasteiger partial charge in [-0.15, -0.1) is 0 Å². The Morgan fingerprint density at radius 1 is 1.26 bits per heavy atom. The average molecular weight is 373 g/mol. The lowest BCUT2D eigenvalue weighted by atomic mass is 9.46. The Labute approximate surface area is 164 Å². The zero-order valence-corrected chi connectivity index (χ0v) is 17.2. The van der Waals surface area contributed by atoms with Crippen LogP contribution in [0.2, 0.25) is 0 Å². The number of carboxylic acid groups (broad SMARTS) is 1. The van der Waals surface area contributed by atoms with Gasteiger partial charge in [-0.2, -0.15) is 0 Å². The van der Waals surface area contributed by atoms with Crippen molar-refractivity contribution in [3.63, 3.8) is 0 Å². The van der Waals surface area contributed by atoms with Gasteiger partial charge in [0.05, 0.1) is 0 Å². The monoisotopic (exact) mass is 372 g/mol. The van der Waals surface area contributed by atoms with E-state index in [9.17, 15) is 9.59 Å². The van der Waals surface area contributed by atoms with Crippen molar-refractivity contribution in [2.75, 3.05) is 0 Å². The predicted octanol–water partition coefficient (Wildman–Crippen LogP) is 5.49. The number of hydrogen-bond donors (Lipinski definition) is 1. The molecular formula is C24H36O3. The number of carboxylic acids is 1. The highest BCUT2D eigenvalue weighted by molar-refractivity contribution is 5.79. The van der Waals surface area contributed by atoms with Crippen molar-refractivity contribution in [1.82, 2.24) is 0 Å². The smallest absolute Gasteiger partial charge is 0.303 e. The van der Waals surface area contributed by atoms with Crippen molar-refractivity contribution in [3.8, 4) is 0 Å². The number of fused-ring (bicyclic) bond motifs is 5. The number of carbonyl (C=O) groups excluding carboxylic acids is 1. The SMILES string of the molecule is CC(CCC(=O)O)C1CC[C@H]2[C@@H]3CC[C@@H]4CC(=O)CC[C@]4(C)[C@H]3C=C[C@]12C. The van der Waals surface area contributed by atoms with Gasteiger partial charge in [-0.05, 0) is 84.9 Å². The molecule has 1 N–H and O–H groups in total. The molecule has 2 unspecified atom stereocenters. The van der Waals surface area contributed by atoms with Gasteiger partial charge in [-0.3, -0.25) is 9.59 Å². The van der Waals surface area contributed by atoms with Gasteiger partial charge in [0.1, 0.15) is 5.78 Å².